The van der Waals surface area contributed by atoms with Crippen LogP contribution in [-0.4, -0.2) is 28.0 Å². The van der Waals surface area contributed by atoms with Crippen LogP contribution in [0.5, 0.6) is 0 Å². The zero-order valence-corrected chi connectivity index (χ0v) is 11.6. The molecule has 0 saturated heterocycles. The summed E-state index contributed by atoms with van der Waals surface area (Å²) in [6.45, 7) is 5.87. The van der Waals surface area contributed by atoms with E-state index in [2.05, 4.69) is 28.7 Å². The van der Waals surface area contributed by atoms with Crippen LogP contribution >= 0.6 is 23.8 Å². The van der Waals surface area contributed by atoms with Crippen LogP contribution in [0.4, 0.5) is 5.82 Å². The highest BCUT2D eigenvalue weighted by molar-refractivity contribution is 7.80. The molecule has 2 N–H and O–H groups in total. The molecule has 0 bridgehead atoms. The SMILES string of the molecule is CC(C)CN(CCC(N)=S)c1ncncc1Cl. The van der Waals surface area contributed by atoms with E-state index in [1.54, 1.807) is 6.20 Å². The molecular formula is C11H17ClN4S. The number of nitrogens with zero attached hydrogens (tertiary/aromatic N) is 3. The molecule has 17 heavy (non-hydrogen) atoms. The number of halogens is 1. The molecule has 0 saturated carbocycles. The summed E-state index contributed by atoms with van der Waals surface area (Å²) in [4.78, 5) is 10.7. The standard InChI is InChI=1S/C11H17ClN4S/c1-8(2)6-16(4-3-10(13)17)11-9(12)5-14-7-15-11/h5,7-8H,3-4,6H2,1-2H3,(H2,13,17). The maximum atomic E-state index is 6.09. The van der Waals surface area contributed by atoms with Crippen molar-refractivity contribution in [3.8, 4) is 0 Å². The number of thiocarbonyl (C=S) groups is 1. The molecule has 94 valence electrons. The highest BCUT2D eigenvalue weighted by Crippen LogP contribution is 2.22. The second-order valence-electron chi connectivity index (χ2n) is 4.25. The van der Waals surface area contributed by atoms with Crippen molar-refractivity contribution < 1.29 is 0 Å². The molecule has 1 aromatic rings. The van der Waals surface area contributed by atoms with E-state index in [-0.39, 0.29) is 0 Å². The largest absolute Gasteiger partial charge is 0.393 e. The van der Waals surface area contributed by atoms with Gasteiger partial charge in [-0.1, -0.05) is 37.7 Å². The van der Waals surface area contributed by atoms with Gasteiger partial charge in [0.2, 0.25) is 0 Å². The van der Waals surface area contributed by atoms with Crippen LogP contribution in [0.1, 0.15) is 20.3 Å². The van der Waals surface area contributed by atoms with Gasteiger partial charge in [-0.2, -0.15) is 0 Å². The van der Waals surface area contributed by atoms with Crippen LogP contribution in [0.15, 0.2) is 12.5 Å². The van der Waals surface area contributed by atoms with Gasteiger partial charge in [0, 0.05) is 19.5 Å². The molecule has 1 rings (SSSR count). The van der Waals surface area contributed by atoms with Crippen molar-refractivity contribution in [3.05, 3.63) is 17.5 Å². The Balaban J connectivity index is 2.82. The Morgan fingerprint density at radius 1 is 1.59 bits per heavy atom. The number of hydrogen-bond acceptors (Lipinski definition) is 4. The lowest BCUT2D eigenvalue weighted by molar-refractivity contribution is 0.609. The Morgan fingerprint density at radius 3 is 2.82 bits per heavy atom. The molecule has 0 fully saturated rings. The van der Waals surface area contributed by atoms with Crippen LogP contribution in [0, 0.1) is 5.92 Å². The van der Waals surface area contributed by atoms with Crippen LogP contribution in [0.3, 0.4) is 0 Å². The second kappa shape index (κ2) is 6.71. The van der Waals surface area contributed by atoms with Crippen molar-refractivity contribution in [1.82, 2.24) is 9.97 Å². The Bertz CT molecular complexity index is 383. The number of aromatic nitrogens is 2. The minimum Gasteiger partial charge on any atom is -0.393 e. The van der Waals surface area contributed by atoms with E-state index >= 15 is 0 Å². The van der Waals surface area contributed by atoms with Crippen LogP contribution in [0.25, 0.3) is 0 Å². The predicted octanol–water partition coefficient (Wildman–Crippen LogP) is 2.27. The first-order chi connectivity index (χ1) is 8.00. The maximum absolute atomic E-state index is 6.09. The van der Waals surface area contributed by atoms with E-state index < -0.39 is 0 Å². The van der Waals surface area contributed by atoms with Gasteiger partial charge in [0.1, 0.15) is 11.3 Å². The molecule has 0 atom stereocenters. The molecule has 0 aromatic carbocycles. The Kier molecular flexibility index (Phi) is 5.58. The third-order valence-electron chi connectivity index (χ3n) is 2.16. The highest BCUT2D eigenvalue weighted by atomic mass is 35.5. The summed E-state index contributed by atoms with van der Waals surface area (Å²) in [6, 6.07) is 0. The average Bonchev–Trinajstić information content (AvgIpc) is 2.24. The van der Waals surface area contributed by atoms with Crippen molar-refractivity contribution in [2.24, 2.45) is 11.7 Å². The Labute approximate surface area is 112 Å². The fourth-order valence-electron chi connectivity index (χ4n) is 1.51. The normalized spacial score (nSPS) is 10.6. The molecule has 0 unspecified atom stereocenters. The van der Waals surface area contributed by atoms with Crippen LogP contribution < -0.4 is 10.6 Å². The average molecular weight is 273 g/mol. The fourth-order valence-corrected chi connectivity index (χ4v) is 1.82. The summed E-state index contributed by atoms with van der Waals surface area (Å²) in [5.41, 5.74) is 5.53. The Hall–Kier alpha value is -0.940. The first kappa shape index (κ1) is 14.1. The molecule has 0 amide bonds. The molecule has 4 nitrogen and oxygen atoms in total. The van der Waals surface area contributed by atoms with Crippen molar-refractivity contribution in [2.75, 3.05) is 18.0 Å². The summed E-state index contributed by atoms with van der Waals surface area (Å²) < 4.78 is 0. The van der Waals surface area contributed by atoms with Gasteiger partial charge >= 0.3 is 0 Å². The zero-order valence-electron chi connectivity index (χ0n) is 10.1. The molecule has 0 radical (unpaired) electrons. The Morgan fingerprint density at radius 2 is 2.29 bits per heavy atom. The van der Waals surface area contributed by atoms with E-state index in [0.717, 1.165) is 18.9 Å². The smallest absolute Gasteiger partial charge is 0.150 e. The quantitative estimate of drug-likeness (QED) is 0.805. The highest BCUT2D eigenvalue weighted by Gasteiger charge is 2.13. The van der Waals surface area contributed by atoms with Crippen LogP contribution in [-0.2, 0) is 0 Å². The summed E-state index contributed by atoms with van der Waals surface area (Å²) in [6.07, 6.45) is 3.75. The third kappa shape index (κ3) is 4.83. The second-order valence-corrected chi connectivity index (χ2v) is 5.18. The van der Waals surface area contributed by atoms with Crippen molar-refractivity contribution in [3.63, 3.8) is 0 Å². The van der Waals surface area contributed by atoms with Gasteiger partial charge in [-0.05, 0) is 5.92 Å². The lowest BCUT2D eigenvalue weighted by Gasteiger charge is -2.25. The molecule has 1 aromatic heterocycles. The molecular weight excluding hydrogens is 256 g/mol. The van der Waals surface area contributed by atoms with Crippen molar-refractivity contribution >= 4 is 34.6 Å². The molecule has 0 aliphatic rings. The molecule has 0 aliphatic heterocycles. The molecule has 1 heterocycles. The summed E-state index contributed by atoms with van der Waals surface area (Å²) in [7, 11) is 0. The first-order valence-electron chi connectivity index (χ1n) is 5.49. The van der Waals surface area contributed by atoms with E-state index in [1.165, 1.54) is 6.33 Å². The lowest BCUT2D eigenvalue weighted by atomic mass is 10.2. The molecule has 6 heteroatoms. The van der Waals surface area contributed by atoms with Crippen LogP contribution in [0.2, 0.25) is 5.02 Å². The van der Waals surface area contributed by atoms with E-state index in [4.69, 9.17) is 29.6 Å². The van der Waals surface area contributed by atoms with Crippen molar-refractivity contribution in [1.29, 1.82) is 0 Å². The van der Waals surface area contributed by atoms with Gasteiger partial charge in [0.05, 0.1) is 11.2 Å². The fraction of sp³-hybridized carbons (Fsp3) is 0.545. The number of anilines is 1. The summed E-state index contributed by atoms with van der Waals surface area (Å²) in [5.74, 6) is 1.25. The minimum absolute atomic E-state index is 0.504. The molecule has 0 spiro atoms. The number of nitrogens with two attached hydrogens (primary N) is 1. The number of rotatable bonds is 6. The summed E-state index contributed by atoms with van der Waals surface area (Å²) in [5, 5.41) is 0.552. The minimum atomic E-state index is 0.504. The maximum Gasteiger partial charge on any atom is 0.150 e. The van der Waals surface area contributed by atoms with Crippen molar-refractivity contribution in [2.45, 2.75) is 20.3 Å². The van der Waals surface area contributed by atoms with Gasteiger partial charge in [-0.3, -0.25) is 0 Å². The lowest BCUT2D eigenvalue weighted by Crippen LogP contribution is -2.31. The first-order valence-corrected chi connectivity index (χ1v) is 6.28. The van der Waals surface area contributed by atoms with E-state index in [0.29, 0.717) is 22.3 Å². The van der Waals surface area contributed by atoms with E-state index in [9.17, 15) is 0 Å². The third-order valence-corrected chi connectivity index (χ3v) is 2.63. The monoisotopic (exact) mass is 272 g/mol. The van der Waals surface area contributed by atoms with Gasteiger partial charge in [-0.25, -0.2) is 9.97 Å². The van der Waals surface area contributed by atoms with Gasteiger partial charge < -0.3 is 10.6 Å². The van der Waals surface area contributed by atoms with Gasteiger partial charge in [-0.15, -0.1) is 0 Å². The van der Waals surface area contributed by atoms with E-state index in [1.807, 2.05) is 0 Å². The topological polar surface area (TPSA) is 55.0 Å². The molecule has 0 aliphatic carbocycles. The van der Waals surface area contributed by atoms with Gasteiger partial charge in [0.25, 0.3) is 0 Å². The number of hydrogen-bond donors (Lipinski definition) is 1. The zero-order chi connectivity index (χ0) is 12.8. The summed E-state index contributed by atoms with van der Waals surface area (Å²) >= 11 is 11.0. The van der Waals surface area contributed by atoms with Gasteiger partial charge in [0.15, 0.2) is 5.82 Å². The predicted molar refractivity (Wildman–Crippen MR) is 75.5 cm³/mol.